The Balaban J connectivity index is 2.66. The molecular formula is C19H26O2. The average molecular weight is 286 g/mol. The summed E-state index contributed by atoms with van der Waals surface area (Å²) in [5.41, 5.74) is 3.96. The maximum atomic E-state index is 12.4. The normalized spacial score (nSPS) is 16.1. The second-order valence-electron chi connectivity index (χ2n) is 7.91. The molecule has 0 spiro atoms. The van der Waals surface area contributed by atoms with Gasteiger partial charge in [-0.15, -0.1) is 0 Å². The van der Waals surface area contributed by atoms with Crippen LogP contribution >= 0.6 is 0 Å². The molecule has 1 aromatic carbocycles. The van der Waals surface area contributed by atoms with Crippen LogP contribution in [0.4, 0.5) is 0 Å². The van der Waals surface area contributed by atoms with Crippen LogP contribution < -0.4 is 4.74 Å². The van der Waals surface area contributed by atoms with E-state index in [4.69, 9.17) is 4.74 Å². The summed E-state index contributed by atoms with van der Waals surface area (Å²) in [7, 11) is 0. The molecule has 0 bridgehead atoms. The van der Waals surface area contributed by atoms with Crippen molar-refractivity contribution in [1.82, 2.24) is 0 Å². The van der Waals surface area contributed by atoms with Gasteiger partial charge in [-0.25, -0.2) is 0 Å². The van der Waals surface area contributed by atoms with Crippen LogP contribution in [0.15, 0.2) is 23.8 Å². The van der Waals surface area contributed by atoms with E-state index in [1.807, 2.05) is 26.0 Å². The van der Waals surface area contributed by atoms with Crippen molar-refractivity contribution >= 4 is 5.78 Å². The fourth-order valence-corrected chi connectivity index (χ4v) is 2.66. The highest BCUT2D eigenvalue weighted by molar-refractivity contribution is 6.05. The summed E-state index contributed by atoms with van der Waals surface area (Å²) in [6, 6.07) is 4.02. The maximum Gasteiger partial charge on any atom is 0.185 e. The topological polar surface area (TPSA) is 26.3 Å². The molecule has 2 heteroatoms. The third kappa shape index (κ3) is 3.04. The molecule has 2 nitrogen and oxygen atoms in total. The van der Waals surface area contributed by atoms with Crippen molar-refractivity contribution in [2.75, 3.05) is 6.61 Å². The summed E-state index contributed by atoms with van der Waals surface area (Å²) >= 11 is 0. The number of fused-ring (bicyclic) bond motifs is 1. The minimum absolute atomic E-state index is 0.0450. The maximum absolute atomic E-state index is 12.4. The van der Waals surface area contributed by atoms with Crippen molar-refractivity contribution in [2.24, 2.45) is 0 Å². The molecule has 0 radical (unpaired) electrons. The second kappa shape index (κ2) is 5.01. The number of hydrogen-bond donors (Lipinski definition) is 0. The van der Waals surface area contributed by atoms with Gasteiger partial charge in [0.1, 0.15) is 5.75 Å². The summed E-state index contributed by atoms with van der Waals surface area (Å²) in [6.45, 7) is 15.4. The molecule has 0 N–H and O–H groups in total. The van der Waals surface area contributed by atoms with Crippen LogP contribution in [0, 0.1) is 0 Å². The number of benzene rings is 1. The lowest BCUT2D eigenvalue weighted by Crippen LogP contribution is -2.19. The zero-order valence-corrected chi connectivity index (χ0v) is 14.3. The van der Waals surface area contributed by atoms with E-state index in [2.05, 4.69) is 34.6 Å². The lowest BCUT2D eigenvalue weighted by molar-refractivity contribution is 0.104. The summed E-state index contributed by atoms with van der Waals surface area (Å²) in [4.78, 5) is 12.4. The van der Waals surface area contributed by atoms with Crippen LogP contribution in [0.3, 0.4) is 0 Å². The standard InChI is InChI=1S/C19H26O2/c1-12(2)8-16(20)13-9-14(18(3,4)5)17-15(10-13)19(6,7)11-21-17/h8-10H,11H2,1-7H3. The van der Waals surface area contributed by atoms with Gasteiger partial charge in [-0.3, -0.25) is 4.79 Å². The van der Waals surface area contributed by atoms with Crippen LogP contribution in [0.1, 0.15) is 70.0 Å². The highest BCUT2D eigenvalue weighted by Gasteiger charge is 2.36. The second-order valence-corrected chi connectivity index (χ2v) is 7.91. The number of allylic oxidation sites excluding steroid dienone is 2. The zero-order valence-electron chi connectivity index (χ0n) is 14.3. The highest BCUT2D eigenvalue weighted by atomic mass is 16.5. The van der Waals surface area contributed by atoms with Gasteiger partial charge in [-0.1, -0.05) is 40.2 Å². The van der Waals surface area contributed by atoms with Crippen LogP contribution in [0.25, 0.3) is 0 Å². The molecular weight excluding hydrogens is 260 g/mol. The van der Waals surface area contributed by atoms with E-state index in [0.717, 1.165) is 28.0 Å². The molecule has 21 heavy (non-hydrogen) atoms. The number of carbonyl (C=O) groups excluding carboxylic acids is 1. The molecule has 0 saturated heterocycles. The van der Waals surface area contributed by atoms with E-state index in [1.54, 1.807) is 6.08 Å². The van der Waals surface area contributed by atoms with Crippen molar-refractivity contribution in [3.8, 4) is 5.75 Å². The van der Waals surface area contributed by atoms with E-state index < -0.39 is 0 Å². The van der Waals surface area contributed by atoms with Crippen molar-refractivity contribution in [3.63, 3.8) is 0 Å². The molecule has 0 atom stereocenters. The fraction of sp³-hybridized carbons (Fsp3) is 0.526. The third-order valence-corrected chi connectivity index (χ3v) is 3.91. The Morgan fingerprint density at radius 2 is 1.86 bits per heavy atom. The number of ether oxygens (including phenoxy) is 1. The van der Waals surface area contributed by atoms with E-state index in [1.165, 1.54) is 0 Å². The zero-order chi connectivity index (χ0) is 16.0. The smallest absolute Gasteiger partial charge is 0.185 e. The minimum atomic E-state index is -0.0498. The van der Waals surface area contributed by atoms with Crippen molar-refractivity contribution in [2.45, 2.75) is 59.3 Å². The van der Waals surface area contributed by atoms with Crippen molar-refractivity contribution in [1.29, 1.82) is 0 Å². The van der Waals surface area contributed by atoms with Gasteiger partial charge in [0.05, 0.1) is 6.61 Å². The third-order valence-electron chi connectivity index (χ3n) is 3.91. The number of carbonyl (C=O) groups is 1. The Hall–Kier alpha value is -1.57. The van der Waals surface area contributed by atoms with Gasteiger partial charge in [0, 0.05) is 22.1 Å². The molecule has 0 fully saturated rings. The summed E-state index contributed by atoms with van der Waals surface area (Å²) in [5, 5.41) is 0. The summed E-state index contributed by atoms with van der Waals surface area (Å²) in [6.07, 6.45) is 1.71. The first-order valence-corrected chi connectivity index (χ1v) is 7.53. The molecule has 0 aliphatic carbocycles. The predicted molar refractivity (Wildman–Crippen MR) is 87.4 cm³/mol. The molecule has 2 rings (SSSR count). The molecule has 1 heterocycles. The molecule has 0 amide bonds. The molecule has 0 saturated carbocycles. The lowest BCUT2D eigenvalue weighted by atomic mass is 9.79. The molecule has 0 unspecified atom stereocenters. The minimum Gasteiger partial charge on any atom is -0.492 e. The van der Waals surface area contributed by atoms with Gasteiger partial charge in [0.25, 0.3) is 0 Å². The van der Waals surface area contributed by atoms with Crippen LogP contribution in [0.2, 0.25) is 0 Å². The molecule has 1 aliphatic heterocycles. The number of ketones is 1. The van der Waals surface area contributed by atoms with E-state index >= 15 is 0 Å². The highest BCUT2D eigenvalue weighted by Crippen LogP contribution is 2.45. The number of rotatable bonds is 2. The SMILES string of the molecule is CC(C)=CC(=O)c1cc(C(C)(C)C)c2c(c1)C(C)(C)CO2. The molecule has 1 aromatic rings. The van der Waals surface area contributed by atoms with Gasteiger partial charge >= 0.3 is 0 Å². The van der Waals surface area contributed by atoms with Gasteiger partial charge in [0.15, 0.2) is 5.78 Å². The van der Waals surface area contributed by atoms with Gasteiger partial charge in [0.2, 0.25) is 0 Å². The van der Waals surface area contributed by atoms with Crippen LogP contribution in [0.5, 0.6) is 5.75 Å². The predicted octanol–water partition coefficient (Wildman–Crippen LogP) is 4.80. The summed E-state index contributed by atoms with van der Waals surface area (Å²) < 4.78 is 5.96. The Kier molecular flexibility index (Phi) is 3.77. The van der Waals surface area contributed by atoms with E-state index in [9.17, 15) is 4.79 Å². The van der Waals surface area contributed by atoms with Crippen LogP contribution in [-0.4, -0.2) is 12.4 Å². The van der Waals surface area contributed by atoms with Crippen LogP contribution in [-0.2, 0) is 10.8 Å². The average Bonchev–Trinajstić information content (AvgIpc) is 2.62. The van der Waals surface area contributed by atoms with Gasteiger partial charge in [-0.2, -0.15) is 0 Å². The first-order chi connectivity index (χ1) is 9.52. The Labute approximate surface area is 128 Å². The van der Waals surface area contributed by atoms with Gasteiger partial charge < -0.3 is 4.74 Å². The Morgan fingerprint density at radius 1 is 1.24 bits per heavy atom. The van der Waals surface area contributed by atoms with E-state index in [0.29, 0.717) is 6.61 Å². The Morgan fingerprint density at radius 3 is 2.38 bits per heavy atom. The van der Waals surface area contributed by atoms with Crippen molar-refractivity contribution < 1.29 is 9.53 Å². The van der Waals surface area contributed by atoms with Gasteiger partial charge in [-0.05, 0) is 37.5 Å². The molecule has 0 aromatic heterocycles. The summed E-state index contributed by atoms with van der Waals surface area (Å²) in [5.74, 6) is 1.05. The Bertz CT molecular complexity index is 609. The molecule has 1 aliphatic rings. The first kappa shape index (κ1) is 15.8. The molecule has 114 valence electrons. The largest absolute Gasteiger partial charge is 0.492 e. The fourth-order valence-electron chi connectivity index (χ4n) is 2.66. The quantitative estimate of drug-likeness (QED) is 0.576. The lowest BCUT2D eigenvalue weighted by Gasteiger charge is -2.23. The number of hydrogen-bond acceptors (Lipinski definition) is 2. The monoisotopic (exact) mass is 286 g/mol. The van der Waals surface area contributed by atoms with Crippen molar-refractivity contribution in [3.05, 3.63) is 40.5 Å². The van der Waals surface area contributed by atoms with E-state index in [-0.39, 0.29) is 16.6 Å². The first-order valence-electron chi connectivity index (χ1n) is 7.53.